The van der Waals surface area contributed by atoms with E-state index < -0.39 is 0 Å². The third-order valence-electron chi connectivity index (χ3n) is 3.20. The molecular formula is C15H23BrFN. The summed E-state index contributed by atoms with van der Waals surface area (Å²) >= 11 is 3.43. The van der Waals surface area contributed by atoms with Gasteiger partial charge in [0.05, 0.1) is 0 Å². The van der Waals surface area contributed by atoms with Crippen molar-refractivity contribution in [2.75, 3.05) is 6.54 Å². The van der Waals surface area contributed by atoms with Crippen molar-refractivity contribution in [1.29, 1.82) is 0 Å². The minimum Gasteiger partial charge on any atom is -0.314 e. The van der Waals surface area contributed by atoms with Gasteiger partial charge >= 0.3 is 0 Å². The minimum atomic E-state index is -0.185. The molecule has 0 amide bonds. The van der Waals surface area contributed by atoms with Crippen molar-refractivity contribution in [3.63, 3.8) is 0 Å². The Hall–Kier alpha value is -0.410. The SMILES string of the molecule is CCCNC(CCc1ccc(F)cc1Br)C(C)C. The first-order valence-electron chi connectivity index (χ1n) is 6.72. The summed E-state index contributed by atoms with van der Waals surface area (Å²) in [5, 5.41) is 3.58. The topological polar surface area (TPSA) is 12.0 Å². The van der Waals surface area contributed by atoms with Crippen molar-refractivity contribution >= 4 is 15.9 Å². The van der Waals surface area contributed by atoms with Crippen molar-refractivity contribution < 1.29 is 4.39 Å². The zero-order valence-electron chi connectivity index (χ0n) is 11.5. The number of halogens is 2. The summed E-state index contributed by atoms with van der Waals surface area (Å²) in [5.74, 6) is 0.436. The molecule has 0 fully saturated rings. The Balaban J connectivity index is 2.55. The van der Waals surface area contributed by atoms with E-state index in [4.69, 9.17) is 0 Å². The fourth-order valence-electron chi connectivity index (χ4n) is 2.04. The molecule has 0 heterocycles. The van der Waals surface area contributed by atoms with Gasteiger partial charge in [-0.2, -0.15) is 0 Å². The van der Waals surface area contributed by atoms with E-state index in [1.54, 1.807) is 6.07 Å². The molecule has 0 aliphatic rings. The predicted molar refractivity (Wildman–Crippen MR) is 79.3 cm³/mol. The highest BCUT2D eigenvalue weighted by molar-refractivity contribution is 9.10. The van der Waals surface area contributed by atoms with Crippen LogP contribution in [0.1, 0.15) is 39.2 Å². The summed E-state index contributed by atoms with van der Waals surface area (Å²) in [5.41, 5.74) is 1.18. The molecular weight excluding hydrogens is 293 g/mol. The average Bonchev–Trinajstić information content (AvgIpc) is 2.31. The Bertz CT molecular complexity index is 366. The highest BCUT2D eigenvalue weighted by Gasteiger charge is 2.13. The molecule has 0 radical (unpaired) electrons. The summed E-state index contributed by atoms with van der Waals surface area (Å²) in [6.45, 7) is 7.73. The van der Waals surface area contributed by atoms with Crippen LogP contribution < -0.4 is 5.32 Å². The smallest absolute Gasteiger partial charge is 0.124 e. The summed E-state index contributed by atoms with van der Waals surface area (Å²) in [6, 6.07) is 5.47. The Kier molecular flexibility index (Phi) is 6.87. The molecule has 0 saturated carbocycles. The van der Waals surface area contributed by atoms with E-state index in [-0.39, 0.29) is 5.82 Å². The van der Waals surface area contributed by atoms with E-state index in [9.17, 15) is 4.39 Å². The van der Waals surface area contributed by atoms with Gasteiger partial charge in [0.25, 0.3) is 0 Å². The molecule has 3 heteroatoms. The first-order chi connectivity index (χ1) is 8.54. The van der Waals surface area contributed by atoms with Gasteiger partial charge in [0.1, 0.15) is 5.82 Å². The second kappa shape index (κ2) is 7.90. The molecule has 1 aromatic rings. The van der Waals surface area contributed by atoms with Crippen molar-refractivity contribution in [3.05, 3.63) is 34.1 Å². The van der Waals surface area contributed by atoms with E-state index >= 15 is 0 Å². The van der Waals surface area contributed by atoms with Crippen LogP contribution in [0.5, 0.6) is 0 Å². The van der Waals surface area contributed by atoms with Gasteiger partial charge in [0, 0.05) is 10.5 Å². The van der Waals surface area contributed by atoms with Crippen molar-refractivity contribution in [1.82, 2.24) is 5.32 Å². The number of hydrogen-bond donors (Lipinski definition) is 1. The van der Waals surface area contributed by atoms with E-state index in [1.165, 1.54) is 11.6 Å². The summed E-state index contributed by atoms with van der Waals surface area (Å²) in [4.78, 5) is 0. The summed E-state index contributed by atoms with van der Waals surface area (Å²) < 4.78 is 13.9. The Morgan fingerprint density at radius 1 is 1.33 bits per heavy atom. The lowest BCUT2D eigenvalue weighted by atomic mass is 9.96. The van der Waals surface area contributed by atoms with E-state index in [2.05, 4.69) is 42.0 Å². The highest BCUT2D eigenvalue weighted by Crippen LogP contribution is 2.21. The van der Waals surface area contributed by atoms with Crippen molar-refractivity contribution in [3.8, 4) is 0 Å². The van der Waals surface area contributed by atoms with Gasteiger partial charge in [-0.05, 0) is 49.4 Å². The first kappa shape index (κ1) is 15.6. The number of nitrogens with one attached hydrogen (secondary N) is 1. The van der Waals surface area contributed by atoms with Gasteiger partial charge < -0.3 is 5.32 Å². The Morgan fingerprint density at radius 2 is 2.06 bits per heavy atom. The molecule has 102 valence electrons. The third-order valence-corrected chi connectivity index (χ3v) is 3.94. The number of benzene rings is 1. The summed E-state index contributed by atoms with van der Waals surface area (Å²) in [6.07, 6.45) is 3.21. The van der Waals surface area contributed by atoms with Crippen LogP contribution in [0.4, 0.5) is 4.39 Å². The average molecular weight is 316 g/mol. The molecule has 0 aliphatic heterocycles. The van der Waals surface area contributed by atoms with Crippen LogP contribution in [0, 0.1) is 11.7 Å². The van der Waals surface area contributed by atoms with Gasteiger partial charge in [0.15, 0.2) is 0 Å². The van der Waals surface area contributed by atoms with Crippen LogP contribution in [0.3, 0.4) is 0 Å². The molecule has 0 spiro atoms. The number of hydrogen-bond acceptors (Lipinski definition) is 1. The maximum atomic E-state index is 13.0. The quantitative estimate of drug-likeness (QED) is 0.778. The van der Waals surface area contributed by atoms with Crippen LogP contribution in [-0.4, -0.2) is 12.6 Å². The lowest BCUT2D eigenvalue weighted by Gasteiger charge is -2.22. The maximum absolute atomic E-state index is 13.0. The Morgan fingerprint density at radius 3 is 2.61 bits per heavy atom. The molecule has 0 aromatic heterocycles. The standard InChI is InChI=1S/C15H23BrFN/c1-4-9-18-15(11(2)3)8-6-12-5-7-13(17)10-14(12)16/h5,7,10-11,15,18H,4,6,8-9H2,1-3H3. The first-order valence-corrected chi connectivity index (χ1v) is 7.51. The maximum Gasteiger partial charge on any atom is 0.124 e. The van der Waals surface area contributed by atoms with Crippen LogP contribution in [-0.2, 0) is 6.42 Å². The molecule has 18 heavy (non-hydrogen) atoms. The van der Waals surface area contributed by atoms with Gasteiger partial charge in [0.2, 0.25) is 0 Å². The van der Waals surface area contributed by atoms with Gasteiger partial charge in [-0.3, -0.25) is 0 Å². The lowest BCUT2D eigenvalue weighted by Crippen LogP contribution is -2.34. The Labute approximate surface area is 118 Å². The molecule has 1 atom stereocenters. The lowest BCUT2D eigenvalue weighted by molar-refractivity contribution is 0.378. The van der Waals surface area contributed by atoms with Crippen LogP contribution in [0.2, 0.25) is 0 Å². The zero-order chi connectivity index (χ0) is 13.5. The molecule has 1 aromatic carbocycles. The fourth-order valence-corrected chi connectivity index (χ4v) is 2.59. The zero-order valence-corrected chi connectivity index (χ0v) is 13.1. The molecule has 1 unspecified atom stereocenters. The van der Waals surface area contributed by atoms with Crippen LogP contribution >= 0.6 is 15.9 Å². The highest BCUT2D eigenvalue weighted by atomic mass is 79.9. The van der Waals surface area contributed by atoms with Crippen LogP contribution in [0.25, 0.3) is 0 Å². The second-order valence-electron chi connectivity index (χ2n) is 5.08. The van der Waals surface area contributed by atoms with Crippen LogP contribution in [0.15, 0.2) is 22.7 Å². The minimum absolute atomic E-state index is 0.185. The normalized spacial score (nSPS) is 13.0. The third kappa shape index (κ3) is 5.07. The fraction of sp³-hybridized carbons (Fsp3) is 0.600. The summed E-state index contributed by atoms with van der Waals surface area (Å²) in [7, 11) is 0. The number of aryl methyl sites for hydroxylation is 1. The molecule has 0 aliphatic carbocycles. The van der Waals surface area contributed by atoms with Gasteiger partial charge in [-0.1, -0.05) is 42.8 Å². The van der Waals surface area contributed by atoms with E-state index in [0.717, 1.165) is 30.3 Å². The molecule has 1 nitrogen and oxygen atoms in total. The molecule has 0 bridgehead atoms. The molecule has 0 saturated heterocycles. The monoisotopic (exact) mass is 315 g/mol. The number of rotatable bonds is 7. The molecule has 1 rings (SSSR count). The van der Waals surface area contributed by atoms with E-state index in [1.807, 2.05) is 6.07 Å². The largest absolute Gasteiger partial charge is 0.314 e. The van der Waals surface area contributed by atoms with Crippen molar-refractivity contribution in [2.45, 2.75) is 46.1 Å². The second-order valence-corrected chi connectivity index (χ2v) is 5.93. The molecule has 1 N–H and O–H groups in total. The van der Waals surface area contributed by atoms with Crippen molar-refractivity contribution in [2.24, 2.45) is 5.92 Å². The van der Waals surface area contributed by atoms with E-state index in [0.29, 0.717) is 12.0 Å². The van der Waals surface area contributed by atoms with Gasteiger partial charge in [-0.15, -0.1) is 0 Å². The predicted octanol–water partition coefficient (Wildman–Crippen LogP) is 4.55. The van der Waals surface area contributed by atoms with Gasteiger partial charge in [-0.25, -0.2) is 4.39 Å².